The highest BCUT2D eigenvalue weighted by molar-refractivity contribution is 9.13. The molecule has 1 aromatic rings. The van der Waals surface area contributed by atoms with Gasteiger partial charge >= 0.3 is 0 Å². The van der Waals surface area contributed by atoms with E-state index in [1.807, 2.05) is 0 Å². The number of hydrogen-bond donors (Lipinski definition) is 0. The molecule has 0 saturated heterocycles. The maximum atomic E-state index is 12.2. The number of alkyl halides is 2. The fourth-order valence-corrected chi connectivity index (χ4v) is 1.75. The molecule has 0 radical (unpaired) electrons. The van der Waals surface area contributed by atoms with Crippen molar-refractivity contribution in [1.29, 1.82) is 0 Å². The molecule has 0 N–H and O–H groups in total. The van der Waals surface area contributed by atoms with Gasteiger partial charge in [-0.05, 0) is 44.0 Å². The van der Waals surface area contributed by atoms with Crippen LogP contribution in [0.15, 0.2) is 21.1 Å². The number of halogens is 5. The maximum absolute atomic E-state index is 12.2. The highest BCUT2D eigenvalue weighted by Gasteiger charge is 2.11. The van der Waals surface area contributed by atoms with Gasteiger partial charge in [0, 0.05) is 10.0 Å². The van der Waals surface area contributed by atoms with Crippen molar-refractivity contribution >= 4 is 43.5 Å². The summed E-state index contributed by atoms with van der Waals surface area (Å²) in [5.41, 5.74) is -0.0879. The molecule has 0 nitrogen and oxygen atoms in total. The van der Waals surface area contributed by atoms with E-state index in [0.29, 0.717) is 8.95 Å². The molecule has 0 heterocycles. The average Bonchev–Trinajstić information content (AvgIpc) is 1.99. The Bertz CT molecular complexity index is 278. The summed E-state index contributed by atoms with van der Waals surface area (Å²) in [5.74, 6) is 0. The Labute approximate surface area is 90.2 Å². The zero-order chi connectivity index (χ0) is 9.30. The minimum Gasteiger partial charge on any atom is -0.205 e. The van der Waals surface area contributed by atoms with Gasteiger partial charge in [0.25, 0.3) is 6.43 Å². The number of rotatable bonds is 1. The van der Waals surface area contributed by atoms with Gasteiger partial charge in [0.2, 0.25) is 0 Å². The Hall–Kier alpha value is 0.330. The SMILES string of the molecule is FC(F)c1cc(Cl)c(Br)c(Br)c1. The van der Waals surface area contributed by atoms with Crippen LogP contribution in [-0.4, -0.2) is 0 Å². The molecule has 0 spiro atoms. The molecule has 0 unspecified atom stereocenters. The summed E-state index contributed by atoms with van der Waals surface area (Å²) in [6.45, 7) is 0. The standard InChI is InChI=1S/C7H3Br2ClF2/c8-4-1-3(7(11)12)2-5(10)6(4)9/h1-2,7H. The van der Waals surface area contributed by atoms with Crippen LogP contribution in [0.4, 0.5) is 8.78 Å². The van der Waals surface area contributed by atoms with Gasteiger partial charge < -0.3 is 0 Å². The summed E-state index contributed by atoms with van der Waals surface area (Å²) in [6.07, 6.45) is -2.49. The third-order valence-corrected chi connectivity index (χ3v) is 3.80. The Morgan fingerprint density at radius 1 is 1.25 bits per heavy atom. The van der Waals surface area contributed by atoms with Crippen molar-refractivity contribution in [2.24, 2.45) is 0 Å². The van der Waals surface area contributed by atoms with E-state index in [-0.39, 0.29) is 10.6 Å². The second-order valence-electron chi connectivity index (χ2n) is 2.10. The van der Waals surface area contributed by atoms with E-state index in [2.05, 4.69) is 31.9 Å². The van der Waals surface area contributed by atoms with Crippen molar-refractivity contribution in [3.63, 3.8) is 0 Å². The molecule has 0 aliphatic heterocycles. The van der Waals surface area contributed by atoms with Gasteiger partial charge in [-0.2, -0.15) is 0 Å². The first kappa shape index (κ1) is 10.4. The molecule has 0 aromatic heterocycles. The predicted octanol–water partition coefficient (Wildman–Crippen LogP) is 4.80. The van der Waals surface area contributed by atoms with Gasteiger partial charge in [-0.1, -0.05) is 11.6 Å². The van der Waals surface area contributed by atoms with Crippen LogP contribution < -0.4 is 0 Å². The van der Waals surface area contributed by atoms with Crippen molar-refractivity contribution in [3.8, 4) is 0 Å². The molecule has 1 rings (SSSR count). The average molecular weight is 320 g/mol. The lowest BCUT2D eigenvalue weighted by Crippen LogP contribution is -1.85. The van der Waals surface area contributed by atoms with Gasteiger partial charge in [-0.3, -0.25) is 0 Å². The fraction of sp³-hybridized carbons (Fsp3) is 0.143. The summed E-state index contributed by atoms with van der Waals surface area (Å²) >= 11 is 11.9. The minimum absolute atomic E-state index is 0.0879. The van der Waals surface area contributed by atoms with Crippen molar-refractivity contribution in [2.45, 2.75) is 6.43 Å². The van der Waals surface area contributed by atoms with Gasteiger partial charge in [-0.25, -0.2) is 8.78 Å². The lowest BCUT2D eigenvalue weighted by Gasteiger charge is -2.03. The molecule has 5 heteroatoms. The van der Waals surface area contributed by atoms with Crippen molar-refractivity contribution in [1.82, 2.24) is 0 Å². The number of benzene rings is 1. The van der Waals surface area contributed by atoms with Crippen LogP contribution >= 0.6 is 43.5 Å². The minimum atomic E-state index is -2.49. The Balaban J connectivity index is 3.21. The summed E-state index contributed by atoms with van der Waals surface area (Å²) in [5, 5.41) is 0.277. The lowest BCUT2D eigenvalue weighted by atomic mass is 10.2. The zero-order valence-electron chi connectivity index (χ0n) is 5.62. The summed E-state index contributed by atoms with van der Waals surface area (Å²) < 4.78 is 25.5. The first-order valence-corrected chi connectivity index (χ1v) is 4.91. The molecule has 0 aliphatic rings. The highest BCUT2D eigenvalue weighted by Crippen LogP contribution is 2.34. The second-order valence-corrected chi connectivity index (χ2v) is 4.15. The Kier molecular flexibility index (Phi) is 3.49. The topological polar surface area (TPSA) is 0 Å². The van der Waals surface area contributed by atoms with E-state index in [0.717, 1.165) is 0 Å². The third kappa shape index (κ3) is 2.18. The molecule has 12 heavy (non-hydrogen) atoms. The van der Waals surface area contributed by atoms with Crippen LogP contribution in [0.1, 0.15) is 12.0 Å². The molecule has 0 saturated carbocycles. The van der Waals surface area contributed by atoms with E-state index >= 15 is 0 Å². The van der Waals surface area contributed by atoms with Crippen LogP contribution in [0, 0.1) is 0 Å². The summed E-state index contributed by atoms with van der Waals surface area (Å²) in [6, 6.07) is 2.57. The zero-order valence-corrected chi connectivity index (χ0v) is 9.55. The molecular formula is C7H3Br2ClF2. The van der Waals surface area contributed by atoms with Crippen LogP contribution in [0.2, 0.25) is 5.02 Å². The highest BCUT2D eigenvalue weighted by atomic mass is 79.9. The van der Waals surface area contributed by atoms with Crippen LogP contribution in [0.5, 0.6) is 0 Å². The van der Waals surface area contributed by atoms with E-state index in [4.69, 9.17) is 11.6 Å². The molecule has 0 fully saturated rings. The molecular weight excluding hydrogens is 317 g/mol. The molecule has 0 bridgehead atoms. The fourth-order valence-electron chi connectivity index (χ4n) is 0.701. The van der Waals surface area contributed by atoms with E-state index in [9.17, 15) is 8.78 Å². The normalized spacial score (nSPS) is 10.8. The van der Waals surface area contributed by atoms with Crippen molar-refractivity contribution in [2.75, 3.05) is 0 Å². The van der Waals surface area contributed by atoms with Crippen molar-refractivity contribution < 1.29 is 8.78 Å². The molecule has 0 amide bonds. The second kappa shape index (κ2) is 4.03. The Morgan fingerprint density at radius 2 is 1.83 bits per heavy atom. The van der Waals surface area contributed by atoms with Crippen molar-refractivity contribution in [3.05, 3.63) is 31.7 Å². The first-order chi connectivity index (χ1) is 5.52. The smallest absolute Gasteiger partial charge is 0.205 e. The quantitative estimate of drug-likeness (QED) is 0.652. The van der Waals surface area contributed by atoms with Gasteiger partial charge in [0.15, 0.2) is 0 Å². The van der Waals surface area contributed by atoms with E-state index in [1.54, 1.807) is 0 Å². The Morgan fingerprint density at radius 3 is 2.25 bits per heavy atom. The van der Waals surface area contributed by atoms with Gasteiger partial charge in [-0.15, -0.1) is 0 Å². The summed E-state index contributed by atoms with van der Waals surface area (Å²) in [4.78, 5) is 0. The largest absolute Gasteiger partial charge is 0.263 e. The molecule has 0 atom stereocenters. The van der Waals surface area contributed by atoms with Gasteiger partial charge in [0.05, 0.1) is 9.50 Å². The lowest BCUT2D eigenvalue weighted by molar-refractivity contribution is 0.151. The monoisotopic (exact) mass is 318 g/mol. The van der Waals surface area contributed by atoms with Crippen LogP contribution in [0.3, 0.4) is 0 Å². The van der Waals surface area contributed by atoms with E-state index in [1.165, 1.54) is 12.1 Å². The predicted molar refractivity (Wildman–Crippen MR) is 51.8 cm³/mol. The third-order valence-electron chi connectivity index (χ3n) is 1.26. The van der Waals surface area contributed by atoms with Gasteiger partial charge in [0.1, 0.15) is 0 Å². The van der Waals surface area contributed by atoms with E-state index < -0.39 is 6.43 Å². The maximum Gasteiger partial charge on any atom is 0.263 e. The molecule has 66 valence electrons. The van der Waals surface area contributed by atoms with Crippen LogP contribution in [-0.2, 0) is 0 Å². The number of hydrogen-bond acceptors (Lipinski definition) is 0. The van der Waals surface area contributed by atoms with Crippen LogP contribution in [0.25, 0.3) is 0 Å². The molecule has 0 aliphatic carbocycles. The first-order valence-electron chi connectivity index (χ1n) is 2.95. The summed E-state index contributed by atoms with van der Waals surface area (Å²) in [7, 11) is 0. The molecule has 1 aromatic carbocycles.